The number of nitrogens with two attached hydrogens (primary N) is 1. The molecule has 3 N–H and O–H groups in total. The summed E-state index contributed by atoms with van der Waals surface area (Å²) < 4.78 is 0. The third kappa shape index (κ3) is 2.97. The maximum atomic E-state index is 10.7. The lowest BCUT2D eigenvalue weighted by molar-refractivity contribution is -0.0381. The van der Waals surface area contributed by atoms with E-state index in [0.717, 1.165) is 30.5 Å². The molecule has 1 aromatic heterocycles. The van der Waals surface area contributed by atoms with Gasteiger partial charge in [-0.05, 0) is 36.3 Å². The Morgan fingerprint density at radius 2 is 2.18 bits per heavy atom. The Balaban J connectivity index is 2.15. The van der Waals surface area contributed by atoms with Crippen molar-refractivity contribution in [2.24, 2.45) is 5.41 Å². The van der Waals surface area contributed by atoms with Gasteiger partial charge in [0.05, 0.1) is 5.60 Å². The first-order valence-corrected chi connectivity index (χ1v) is 6.31. The smallest absolute Gasteiger partial charge is 0.0694 e. The number of hydrogen-bond donors (Lipinski definition) is 2. The van der Waals surface area contributed by atoms with E-state index in [1.807, 2.05) is 0 Å². The van der Waals surface area contributed by atoms with Crippen LogP contribution in [0.3, 0.4) is 0 Å². The summed E-state index contributed by atoms with van der Waals surface area (Å²) in [5, 5.41) is 10.7. The minimum atomic E-state index is -0.612. The van der Waals surface area contributed by atoms with Crippen molar-refractivity contribution in [2.45, 2.75) is 51.6 Å². The van der Waals surface area contributed by atoms with Crippen LogP contribution in [0.5, 0.6) is 0 Å². The van der Waals surface area contributed by atoms with Crippen LogP contribution >= 0.6 is 0 Å². The van der Waals surface area contributed by atoms with E-state index >= 15 is 0 Å². The van der Waals surface area contributed by atoms with Crippen LogP contribution in [0.2, 0.25) is 0 Å². The molecular weight excluding hydrogens is 212 g/mol. The van der Waals surface area contributed by atoms with Crippen LogP contribution < -0.4 is 5.73 Å². The Kier molecular flexibility index (Phi) is 3.13. The van der Waals surface area contributed by atoms with E-state index in [1.54, 1.807) is 18.5 Å². The highest BCUT2D eigenvalue weighted by Gasteiger charge is 2.38. The molecule has 0 amide bonds. The van der Waals surface area contributed by atoms with Crippen molar-refractivity contribution in [1.29, 1.82) is 0 Å². The van der Waals surface area contributed by atoms with Crippen molar-refractivity contribution in [2.75, 3.05) is 5.73 Å². The molecule has 0 aromatic carbocycles. The highest BCUT2D eigenvalue weighted by atomic mass is 16.3. The molecule has 94 valence electrons. The molecule has 0 saturated heterocycles. The summed E-state index contributed by atoms with van der Waals surface area (Å²) >= 11 is 0. The second-order valence-electron chi connectivity index (χ2n) is 6.17. The average molecular weight is 234 g/mol. The standard InChI is InChI=1S/C14H22N2O/c1-13(2)5-3-6-14(17,10-13)8-11-9-16-7-4-12(11)15/h4,7,9,17H,3,5-6,8,10H2,1-2H3,(H2,15,16). The van der Waals surface area contributed by atoms with Crippen LogP contribution in [0, 0.1) is 5.41 Å². The van der Waals surface area contributed by atoms with Gasteiger partial charge in [0, 0.05) is 24.5 Å². The summed E-state index contributed by atoms with van der Waals surface area (Å²) in [6, 6.07) is 1.80. The van der Waals surface area contributed by atoms with E-state index in [4.69, 9.17) is 5.73 Å². The normalized spacial score (nSPS) is 27.9. The monoisotopic (exact) mass is 234 g/mol. The average Bonchev–Trinajstić information content (AvgIpc) is 2.19. The van der Waals surface area contributed by atoms with E-state index < -0.39 is 5.60 Å². The van der Waals surface area contributed by atoms with Gasteiger partial charge < -0.3 is 10.8 Å². The largest absolute Gasteiger partial charge is 0.398 e. The SMILES string of the molecule is CC1(C)CCCC(O)(Cc2cnccc2N)C1. The van der Waals surface area contributed by atoms with Gasteiger partial charge in [-0.2, -0.15) is 0 Å². The van der Waals surface area contributed by atoms with Crippen molar-refractivity contribution in [3.8, 4) is 0 Å². The number of rotatable bonds is 2. The first-order valence-electron chi connectivity index (χ1n) is 6.31. The van der Waals surface area contributed by atoms with Crippen molar-refractivity contribution in [3.05, 3.63) is 24.0 Å². The third-order valence-electron chi connectivity index (χ3n) is 3.76. The first-order chi connectivity index (χ1) is 7.90. The van der Waals surface area contributed by atoms with E-state index in [1.165, 1.54) is 6.42 Å². The van der Waals surface area contributed by atoms with Crippen LogP contribution in [0.25, 0.3) is 0 Å². The van der Waals surface area contributed by atoms with Crippen molar-refractivity contribution < 1.29 is 5.11 Å². The first kappa shape index (κ1) is 12.4. The van der Waals surface area contributed by atoms with Crippen LogP contribution in [0.4, 0.5) is 5.69 Å². The summed E-state index contributed by atoms with van der Waals surface area (Å²) in [7, 11) is 0. The zero-order valence-electron chi connectivity index (χ0n) is 10.7. The molecule has 3 heteroatoms. The number of pyridine rings is 1. The van der Waals surface area contributed by atoms with E-state index in [-0.39, 0.29) is 5.41 Å². The Bertz CT molecular complexity index is 403. The van der Waals surface area contributed by atoms with Crippen molar-refractivity contribution in [3.63, 3.8) is 0 Å². The molecule has 0 spiro atoms. The third-order valence-corrected chi connectivity index (χ3v) is 3.76. The number of aromatic nitrogens is 1. The van der Waals surface area contributed by atoms with Crippen molar-refractivity contribution >= 4 is 5.69 Å². The molecule has 1 aromatic rings. The van der Waals surface area contributed by atoms with Gasteiger partial charge in [-0.25, -0.2) is 0 Å². The maximum absolute atomic E-state index is 10.7. The highest BCUT2D eigenvalue weighted by molar-refractivity contribution is 5.45. The fraction of sp³-hybridized carbons (Fsp3) is 0.643. The number of nitrogen functional groups attached to an aromatic ring is 1. The molecule has 1 aliphatic carbocycles. The molecule has 2 rings (SSSR count). The number of hydrogen-bond acceptors (Lipinski definition) is 3. The summed E-state index contributed by atoms with van der Waals surface area (Å²) in [4.78, 5) is 4.09. The van der Waals surface area contributed by atoms with Gasteiger partial charge in [-0.3, -0.25) is 4.98 Å². The van der Waals surface area contributed by atoms with Crippen LogP contribution in [-0.4, -0.2) is 15.7 Å². The van der Waals surface area contributed by atoms with Gasteiger partial charge in [-0.15, -0.1) is 0 Å². The van der Waals surface area contributed by atoms with Gasteiger partial charge in [0.15, 0.2) is 0 Å². The molecule has 1 heterocycles. The molecule has 17 heavy (non-hydrogen) atoms. The van der Waals surface area contributed by atoms with E-state index in [9.17, 15) is 5.11 Å². The Morgan fingerprint density at radius 1 is 1.41 bits per heavy atom. The molecule has 0 bridgehead atoms. The predicted molar refractivity (Wildman–Crippen MR) is 69.6 cm³/mol. The lowest BCUT2D eigenvalue weighted by Crippen LogP contribution is -2.40. The molecule has 1 aliphatic rings. The summed E-state index contributed by atoms with van der Waals surface area (Å²) in [5.74, 6) is 0. The van der Waals surface area contributed by atoms with E-state index in [0.29, 0.717) is 6.42 Å². The molecule has 1 fully saturated rings. The van der Waals surface area contributed by atoms with Crippen LogP contribution in [0.15, 0.2) is 18.5 Å². The second kappa shape index (κ2) is 4.30. The number of aliphatic hydroxyl groups is 1. The fourth-order valence-corrected chi connectivity index (χ4v) is 3.05. The summed E-state index contributed by atoms with van der Waals surface area (Å²) in [5.41, 5.74) is 7.23. The minimum Gasteiger partial charge on any atom is -0.398 e. The van der Waals surface area contributed by atoms with Gasteiger partial charge in [0.1, 0.15) is 0 Å². The van der Waals surface area contributed by atoms with Gasteiger partial charge in [-0.1, -0.05) is 20.3 Å². The molecule has 3 nitrogen and oxygen atoms in total. The molecular formula is C14H22N2O. The number of nitrogens with zero attached hydrogens (tertiary/aromatic N) is 1. The highest BCUT2D eigenvalue weighted by Crippen LogP contribution is 2.42. The Hall–Kier alpha value is -1.09. The number of anilines is 1. The zero-order valence-corrected chi connectivity index (χ0v) is 10.7. The van der Waals surface area contributed by atoms with Crippen LogP contribution in [-0.2, 0) is 6.42 Å². The predicted octanol–water partition coefficient (Wildman–Crippen LogP) is 2.54. The molecule has 1 unspecified atom stereocenters. The fourth-order valence-electron chi connectivity index (χ4n) is 3.05. The topological polar surface area (TPSA) is 59.1 Å². The summed E-state index contributed by atoms with van der Waals surface area (Å²) in [6.07, 6.45) is 8.07. The van der Waals surface area contributed by atoms with Gasteiger partial charge in [0.25, 0.3) is 0 Å². The van der Waals surface area contributed by atoms with Crippen LogP contribution in [0.1, 0.15) is 45.1 Å². The molecule has 1 saturated carbocycles. The minimum absolute atomic E-state index is 0.226. The van der Waals surface area contributed by atoms with Gasteiger partial charge in [0.2, 0.25) is 0 Å². The van der Waals surface area contributed by atoms with Gasteiger partial charge >= 0.3 is 0 Å². The second-order valence-corrected chi connectivity index (χ2v) is 6.17. The van der Waals surface area contributed by atoms with E-state index in [2.05, 4.69) is 18.8 Å². The summed E-state index contributed by atoms with van der Waals surface area (Å²) in [6.45, 7) is 4.45. The lowest BCUT2D eigenvalue weighted by atomic mass is 9.68. The Morgan fingerprint density at radius 3 is 2.82 bits per heavy atom. The molecule has 1 atom stereocenters. The quantitative estimate of drug-likeness (QED) is 0.826. The maximum Gasteiger partial charge on any atom is 0.0694 e. The van der Waals surface area contributed by atoms with Crippen molar-refractivity contribution in [1.82, 2.24) is 4.98 Å². The zero-order chi connectivity index (χ0) is 12.5. The molecule has 0 aliphatic heterocycles. The Labute approximate surface area is 103 Å². The molecule has 0 radical (unpaired) electrons. The lowest BCUT2D eigenvalue weighted by Gasteiger charge is -2.41.